The maximum absolute atomic E-state index is 12.8. The van der Waals surface area contributed by atoms with Gasteiger partial charge < -0.3 is 4.90 Å². The van der Waals surface area contributed by atoms with E-state index >= 15 is 0 Å². The molecule has 130 valence electrons. The van der Waals surface area contributed by atoms with Crippen LogP contribution in [-0.4, -0.2) is 28.4 Å². The lowest BCUT2D eigenvalue weighted by molar-refractivity contribution is -0.137. The Morgan fingerprint density at radius 3 is 2.44 bits per heavy atom. The Kier molecular flexibility index (Phi) is 4.85. The number of thioether (sulfide) groups is 1. The number of alkyl halides is 3. The first kappa shape index (κ1) is 17.5. The minimum atomic E-state index is -4.44. The number of likely N-dealkylation sites (tertiary alicyclic amines) is 1. The van der Waals surface area contributed by atoms with Crippen LogP contribution in [0.15, 0.2) is 59.5 Å². The van der Waals surface area contributed by atoms with Gasteiger partial charge in [0.2, 0.25) is 5.91 Å². The molecular formula is C18H14F3NO2S. The first-order valence-corrected chi connectivity index (χ1v) is 8.42. The predicted octanol–water partition coefficient (Wildman–Crippen LogP) is 3.78. The fraction of sp³-hybridized carbons (Fsp3) is 0.222. The molecule has 1 amide bonds. The number of hydrogen-bond donors (Lipinski definition) is 0. The molecule has 0 aliphatic carbocycles. The number of benzene rings is 2. The van der Waals surface area contributed by atoms with Crippen LogP contribution >= 0.6 is 11.8 Å². The van der Waals surface area contributed by atoms with Gasteiger partial charge >= 0.3 is 6.18 Å². The molecule has 7 heteroatoms. The van der Waals surface area contributed by atoms with Crippen LogP contribution in [0.5, 0.6) is 0 Å². The molecule has 0 bridgehead atoms. The van der Waals surface area contributed by atoms with Gasteiger partial charge in [0.25, 0.3) is 0 Å². The second-order valence-electron chi connectivity index (χ2n) is 5.67. The van der Waals surface area contributed by atoms with Gasteiger partial charge in [0.05, 0.1) is 12.1 Å². The van der Waals surface area contributed by atoms with Gasteiger partial charge in [0, 0.05) is 11.4 Å². The summed E-state index contributed by atoms with van der Waals surface area (Å²) in [7, 11) is 0. The highest BCUT2D eigenvalue weighted by Crippen LogP contribution is 2.31. The maximum Gasteiger partial charge on any atom is 0.416 e. The Morgan fingerprint density at radius 1 is 1.04 bits per heavy atom. The summed E-state index contributed by atoms with van der Waals surface area (Å²) in [6.07, 6.45) is -4.44. The van der Waals surface area contributed by atoms with Crippen molar-refractivity contribution in [2.24, 2.45) is 0 Å². The maximum atomic E-state index is 12.8. The second-order valence-corrected chi connectivity index (χ2v) is 6.85. The van der Waals surface area contributed by atoms with Crippen LogP contribution < -0.4 is 0 Å². The van der Waals surface area contributed by atoms with E-state index in [0.717, 1.165) is 17.0 Å². The standard InChI is InChI=1S/C18H14F3NO2S/c19-18(20,21)13-6-4-5-12(9-13)10-22-11-15(23)16(17(22)24)25-14-7-2-1-3-8-14/h1-9,16H,10-11H2. The van der Waals surface area contributed by atoms with E-state index in [2.05, 4.69) is 0 Å². The van der Waals surface area contributed by atoms with Crippen molar-refractivity contribution in [1.82, 2.24) is 4.90 Å². The van der Waals surface area contributed by atoms with E-state index in [-0.39, 0.29) is 24.8 Å². The van der Waals surface area contributed by atoms with Gasteiger partial charge in [-0.3, -0.25) is 9.59 Å². The van der Waals surface area contributed by atoms with Gasteiger partial charge in [-0.2, -0.15) is 13.2 Å². The van der Waals surface area contributed by atoms with Crippen molar-refractivity contribution in [2.45, 2.75) is 22.9 Å². The van der Waals surface area contributed by atoms with Crippen molar-refractivity contribution >= 4 is 23.5 Å². The van der Waals surface area contributed by atoms with Gasteiger partial charge in [0.1, 0.15) is 5.25 Å². The van der Waals surface area contributed by atoms with Gasteiger partial charge in [0.15, 0.2) is 5.78 Å². The summed E-state index contributed by atoms with van der Waals surface area (Å²) in [5.41, 5.74) is -0.417. The molecule has 1 saturated heterocycles. The smallest absolute Gasteiger partial charge is 0.330 e. The van der Waals surface area contributed by atoms with Crippen molar-refractivity contribution in [2.75, 3.05) is 6.54 Å². The lowest BCUT2D eigenvalue weighted by Crippen LogP contribution is -2.28. The van der Waals surface area contributed by atoms with E-state index in [1.54, 1.807) is 12.1 Å². The summed E-state index contributed by atoms with van der Waals surface area (Å²) >= 11 is 1.17. The van der Waals surface area contributed by atoms with E-state index in [1.165, 1.54) is 28.8 Å². The Balaban J connectivity index is 1.72. The Bertz CT molecular complexity index is 792. The normalized spacial score (nSPS) is 18.0. The highest BCUT2D eigenvalue weighted by atomic mass is 32.2. The summed E-state index contributed by atoms with van der Waals surface area (Å²) in [6, 6.07) is 13.9. The molecule has 1 fully saturated rings. The minimum Gasteiger partial charge on any atom is -0.330 e. The van der Waals surface area contributed by atoms with E-state index < -0.39 is 17.0 Å². The van der Waals surface area contributed by atoms with Gasteiger partial charge in [-0.1, -0.05) is 30.3 Å². The summed E-state index contributed by atoms with van der Waals surface area (Å²) in [6.45, 7) is -0.0973. The average Bonchev–Trinajstić information content (AvgIpc) is 2.83. The summed E-state index contributed by atoms with van der Waals surface area (Å²) in [4.78, 5) is 26.7. The van der Waals surface area contributed by atoms with E-state index in [0.29, 0.717) is 5.56 Å². The molecular weight excluding hydrogens is 351 g/mol. The van der Waals surface area contributed by atoms with Gasteiger partial charge in [-0.15, -0.1) is 11.8 Å². The number of amides is 1. The van der Waals surface area contributed by atoms with Crippen molar-refractivity contribution in [3.8, 4) is 0 Å². The second kappa shape index (κ2) is 6.92. The van der Waals surface area contributed by atoms with Crippen LogP contribution in [-0.2, 0) is 22.3 Å². The summed E-state index contributed by atoms with van der Waals surface area (Å²) in [5, 5.41) is -0.840. The van der Waals surface area contributed by atoms with Crippen molar-refractivity contribution in [3.05, 3.63) is 65.7 Å². The number of ketones is 1. The third kappa shape index (κ3) is 4.04. The number of hydrogen-bond acceptors (Lipinski definition) is 3. The molecule has 0 radical (unpaired) electrons. The summed E-state index contributed by atoms with van der Waals surface area (Å²) in [5.74, 6) is -0.595. The zero-order valence-electron chi connectivity index (χ0n) is 13.0. The minimum absolute atomic E-state index is 0.0135. The molecule has 3 nitrogen and oxygen atoms in total. The summed E-state index contributed by atoms with van der Waals surface area (Å²) < 4.78 is 38.4. The molecule has 1 unspecified atom stereocenters. The van der Waals surface area contributed by atoms with Gasteiger partial charge in [-0.05, 0) is 29.8 Å². The molecule has 2 aromatic rings. The molecule has 1 aliphatic heterocycles. The van der Waals surface area contributed by atoms with Crippen LogP contribution in [0.3, 0.4) is 0 Å². The number of Topliss-reactive ketones (excluding diaryl/α,β-unsaturated/α-hetero) is 1. The van der Waals surface area contributed by atoms with Crippen LogP contribution in [0.2, 0.25) is 0 Å². The first-order valence-electron chi connectivity index (χ1n) is 7.54. The lowest BCUT2D eigenvalue weighted by atomic mass is 10.1. The zero-order valence-corrected chi connectivity index (χ0v) is 13.8. The number of rotatable bonds is 4. The van der Waals surface area contributed by atoms with Crippen LogP contribution in [0, 0.1) is 0 Å². The molecule has 1 atom stereocenters. The number of carbonyl (C=O) groups is 2. The quantitative estimate of drug-likeness (QED) is 0.774. The monoisotopic (exact) mass is 365 g/mol. The topological polar surface area (TPSA) is 37.4 Å². The number of halogens is 3. The van der Waals surface area contributed by atoms with E-state index in [4.69, 9.17) is 0 Å². The van der Waals surface area contributed by atoms with Crippen LogP contribution in [0.25, 0.3) is 0 Å². The predicted molar refractivity (Wildman–Crippen MR) is 88.0 cm³/mol. The van der Waals surface area contributed by atoms with E-state index in [9.17, 15) is 22.8 Å². The molecule has 0 aromatic heterocycles. The van der Waals surface area contributed by atoms with Gasteiger partial charge in [-0.25, -0.2) is 0 Å². The SMILES string of the molecule is O=C1CN(Cc2cccc(C(F)(F)F)c2)C(=O)C1Sc1ccccc1. The van der Waals surface area contributed by atoms with E-state index in [1.807, 2.05) is 18.2 Å². The molecule has 25 heavy (non-hydrogen) atoms. The van der Waals surface area contributed by atoms with Crippen molar-refractivity contribution in [1.29, 1.82) is 0 Å². The van der Waals surface area contributed by atoms with Crippen LogP contribution in [0.4, 0.5) is 13.2 Å². The Labute approximate surface area is 146 Å². The fourth-order valence-electron chi connectivity index (χ4n) is 2.60. The molecule has 0 saturated carbocycles. The third-order valence-corrected chi connectivity index (χ3v) is 5.04. The zero-order chi connectivity index (χ0) is 18.0. The molecule has 1 aliphatic rings. The number of carbonyl (C=O) groups excluding carboxylic acids is 2. The first-order chi connectivity index (χ1) is 11.8. The third-order valence-electron chi connectivity index (χ3n) is 3.80. The number of nitrogens with zero attached hydrogens (tertiary/aromatic N) is 1. The highest BCUT2D eigenvalue weighted by Gasteiger charge is 2.40. The van der Waals surface area contributed by atoms with Crippen molar-refractivity contribution < 1.29 is 22.8 Å². The highest BCUT2D eigenvalue weighted by molar-refractivity contribution is 8.01. The largest absolute Gasteiger partial charge is 0.416 e. The molecule has 0 N–H and O–H groups in total. The fourth-order valence-corrected chi connectivity index (χ4v) is 3.65. The molecule has 0 spiro atoms. The average molecular weight is 365 g/mol. The Morgan fingerprint density at radius 2 is 1.76 bits per heavy atom. The molecule has 3 rings (SSSR count). The molecule has 1 heterocycles. The molecule has 2 aromatic carbocycles. The van der Waals surface area contributed by atoms with Crippen molar-refractivity contribution in [3.63, 3.8) is 0 Å². The van der Waals surface area contributed by atoms with Crippen LogP contribution in [0.1, 0.15) is 11.1 Å². The lowest BCUT2D eigenvalue weighted by Gasteiger charge is -2.16. The Hall–Kier alpha value is -2.28.